The Bertz CT molecular complexity index is 1230. The number of ether oxygens (including phenoxy) is 2. The van der Waals surface area contributed by atoms with E-state index in [1.807, 2.05) is 33.3 Å². The number of esters is 2. The van der Waals surface area contributed by atoms with Gasteiger partial charge in [0.25, 0.3) is 0 Å². The summed E-state index contributed by atoms with van der Waals surface area (Å²) in [5, 5.41) is 0. The van der Waals surface area contributed by atoms with Gasteiger partial charge in [0.15, 0.2) is 6.10 Å². The number of carbonyl (C=O) groups is 2. The molecule has 0 amide bonds. The Labute approximate surface area is 341 Å². The van der Waals surface area contributed by atoms with Crippen molar-refractivity contribution in [1.82, 2.24) is 0 Å². The molecule has 0 bridgehead atoms. The summed E-state index contributed by atoms with van der Waals surface area (Å²) in [6, 6.07) is 0. The van der Waals surface area contributed by atoms with E-state index >= 15 is 0 Å². The number of hydrogen-bond acceptors (Lipinski definition) is 7. The second-order valence-electron chi connectivity index (χ2n) is 15.0. The zero-order valence-corrected chi connectivity index (χ0v) is 36.7. The van der Waals surface area contributed by atoms with E-state index in [1.54, 1.807) is 0 Å². The maximum Gasteiger partial charge on any atom is 0.472 e. The van der Waals surface area contributed by atoms with Gasteiger partial charge in [0, 0.05) is 12.8 Å². The van der Waals surface area contributed by atoms with Gasteiger partial charge in [-0.05, 0) is 77.0 Å². The molecule has 0 saturated heterocycles. The third kappa shape index (κ3) is 40.8. The minimum Gasteiger partial charge on any atom is -0.462 e. The molecule has 0 aliphatic heterocycles. The Morgan fingerprint density at radius 1 is 0.571 bits per heavy atom. The maximum absolute atomic E-state index is 12.6. The normalized spacial score (nSPS) is 14.5. The number of hydrogen-bond donors (Lipinski definition) is 1. The summed E-state index contributed by atoms with van der Waals surface area (Å²) in [5.41, 5.74) is 0. The molecule has 0 aliphatic rings. The molecular weight excluding hydrogens is 725 g/mol. The summed E-state index contributed by atoms with van der Waals surface area (Å²) >= 11 is 0. The highest BCUT2D eigenvalue weighted by molar-refractivity contribution is 7.47. The molecule has 1 unspecified atom stereocenters. The molecule has 0 aromatic carbocycles. The van der Waals surface area contributed by atoms with E-state index < -0.39 is 32.5 Å². The lowest BCUT2D eigenvalue weighted by Gasteiger charge is -2.24. The number of rotatable bonds is 37. The largest absolute Gasteiger partial charge is 0.472 e. The Balaban J connectivity index is 4.53. The fourth-order valence-corrected chi connectivity index (χ4v) is 5.83. The SMILES string of the molecule is CC/C=C/C/C=C/C/C=C/C/C=C/C/C=C/C/C=C/CCC(=O)OC[C@@H](COP(=O)(O)OCC[N+](C)(C)C)OC(=O)CCCCC/C=C/CCCCCCCC. The van der Waals surface area contributed by atoms with E-state index in [4.69, 9.17) is 18.5 Å². The molecule has 320 valence electrons. The van der Waals surface area contributed by atoms with Gasteiger partial charge in [-0.2, -0.15) is 0 Å². The van der Waals surface area contributed by atoms with Crippen molar-refractivity contribution < 1.29 is 42.1 Å². The van der Waals surface area contributed by atoms with Crippen molar-refractivity contribution in [3.63, 3.8) is 0 Å². The first-order valence-electron chi connectivity index (χ1n) is 21.3. The molecule has 0 aliphatic carbocycles. The van der Waals surface area contributed by atoms with Gasteiger partial charge in [0.1, 0.15) is 19.8 Å². The zero-order chi connectivity index (χ0) is 41.4. The number of unbranched alkanes of at least 4 members (excludes halogenated alkanes) is 9. The molecule has 0 fully saturated rings. The van der Waals surface area contributed by atoms with E-state index in [0.29, 0.717) is 23.9 Å². The Kier molecular flexibility index (Phi) is 35.9. The van der Waals surface area contributed by atoms with Crippen molar-refractivity contribution in [2.45, 2.75) is 148 Å². The summed E-state index contributed by atoms with van der Waals surface area (Å²) < 4.78 is 34.1. The molecule has 0 radical (unpaired) electrons. The van der Waals surface area contributed by atoms with Crippen molar-refractivity contribution in [2.75, 3.05) is 47.5 Å². The smallest absolute Gasteiger partial charge is 0.462 e. The quantitative estimate of drug-likeness (QED) is 0.0217. The molecule has 10 heteroatoms. The topological polar surface area (TPSA) is 108 Å². The van der Waals surface area contributed by atoms with E-state index in [9.17, 15) is 19.0 Å². The lowest BCUT2D eigenvalue weighted by Crippen LogP contribution is -2.37. The summed E-state index contributed by atoms with van der Waals surface area (Å²) in [5.74, 6) is -0.925. The van der Waals surface area contributed by atoms with Gasteiger partial charge in [-0.15, -0.1) is 0 Å². The fourth-order valence-electron chi connectivity index (χ4n) is 5.09. The minimum atomic E-state index is -4.40. The number of phosphoric ester groups is 1. The predicted molar refractivity (Wildman–Crippen MR) is 233 cm³/mol. The number of allylic oxidation sites excluding steroid dienone is 14. The zero-order valence-electron chi connectivity index (χ0n) is 35.8. The minimum absolute atomic E-state index is 0.0134. The summed E-state index contributed by atoms with van der Waals surface area (Å²) in [7, 11) is 1.41. The summed E-state index contributed by atoms with van der Waals surface area (Å²) in [4.78, 5) is 35.3. The average Bonchev–Trinajstić information content (AvgIpc) is 3.15. The third-order valence-electron chi connectivity index (χ3n) is 8.42. The molecule has 2 atom stereocenters. The number of likely N-dealkylation sites (N-methyl/N-ethyl adjacent to an activating group) is 1. The highest BCUT2D eigenvalue weighted by atomic mass is 31.2. The second-order valence-corrected chi connectivity index (χ2v) is 16.4. The van der Waals surface area contributed by atoms with Crippen LogP contribution in [-0.4, -0.2) is 74.9 Å². The van der Waals surface area contributed by atoms with Crippen molar-refractivity contribution in [1.29, 1.82) is 0 Å². The Morgan fingerprint density at radius 3 is 1.59 bits per heavy atom. The van der Waals surface area contributed by atoms with Gasteiger partial charge in [-0.25, -0.2) is 4.57 Å². The fraction of sp³-hybridized carbons (Fsp3) is 0.652. The third-order valence-corrected chi connectivity index (χ3v) is 9.41. The van der Waals surface area contributed by atoms with Crippen LogP contribution in [0.25, 0.3) is 0 Å². The van der Waals surface area contributed by atoms with Crippen LogP contribution >= 0.6 is 7.82 Å². The van der Waals surface area contributed by atoms with Gasteiger partial charge in [-0.3, -0.25) is 18.6 Å². The van der Waals surface area contributed by atoms with Crippen LogP contribution in [0.1, 0.15) is 142 Å². The number of phosphoric acid groups is 1. The number of carbonyl (C=O) groups excluding carboxylic acids is 2. The van der Waals surface area contributed by atoms with Crippen LogP contribution in [0.2, 0.25) is 0 Å². The summed E-state index contributed by atoms with van der Waals surface area (Å²) in [6.45, 7) is 4.17. The van der Waals surface area contributed by atoms with Crippen LogP contribution < -0.4 is 0 Å². The number of quaternary nitrogens is 1. The standard InChI is InChI=1S/C46H78NO8P/c1-6-8-10-12-14-16-18-20-21-22-23-24-25-27-28-30-32-34-36-38-45(48)52-42-44(43-54-56(50,51)53-41-40-47(3,4)5)55-46(49)39-37-35-33-31-29-26-19-17-15-13-11-9-7-2/h8,10,14,16,20-21,23-24,26-29,32,34,44H,6-7,9,11-13,15,17-19,22,25,30-31,33,35-43H2,1-5H3/p+1/b10-8+,16-14+,21-20+,24-23+,28-27+,29-26+,34-32+/t44-/m0/s1. The molecule has 9 nitrogen and oxygen atoms in total. The lowest BCUT2D eigenvalue weighted by atomic mass is 10.1. The van der Waals surface area contributed by atoms with E-state index in [2.05, 4.69) is 86.8 Å². The van der Waals surface area contributed by atoms with E-state index in [-0.39, 0.29) is 26.1 Å². The van der Waals surface area contributed by atoms with Crippen molar-refractivity contribution in [3.8, 4) is 0 Å². The first-order chi connectivity index (χ1) is 27.0. The van der Waals surface area contributed by atoms with Crippen LogP contribution in [-0.2, 0) is 32.7 Å². The molecule has 1 N–H and O–H groups in total. The Morgan fingerprint density at radius 2 is 1.05 bits per heavy atom. The highest BCUT2D eigenvalue weighted by Gasteiger charge is 2.27. The molecular formula is C46H79NO8P+. The Hall–Kier alpha value is -2.81. The molecule has 0 rings (SSSR count). The molecule has 0 aromatic heterocycles. The predicted octanol–water partition coefficient (Wildman–Crippen LogP) is 12.0. The van der Waals surface area contributed by atoms with Crippen molar-refractivity contribution >= 4 is 19.8 Å². The van der Waals surface area contributed by atoms with Crippen LogP contribution in [0.4, 0.5) is 0 Å². The highest BCUT2D eigenvalue weighted by Crippen LogP contribution is 2.43. The van der Waals surface area contributed by atoms with Crippen LogP contribution in [0.15, 0.2) is 85.1 Å². The van der Waals surface area contributed by atoms with Crippen molar-refractivity contribution in [3.05, 3.63) is 85.1 Å². The van der Waals surface area contributed by atoms with Gasteiger partial charge >= 0.3 is 19.8 Å². The molecule has 0 heterocycles. The first-order valence-corrected chi connectivity index (χ1v) is 22.8. The molecule has 56 heavy (non-hydrogen) atoms. The summed E-state index contributed by atoms with van der Waals surface area (Å²) in [6.07, 6.45) is 47.9. The number of nitrogens with zero attached hydrogens (tertiary/aromatic N) is 1. The van der Waals surface area contributed by atoms with Crippen molar-refractivity contribution in [2.24, 2.45) is 0 Å². The average molecular weight is 805 g/mol. The van der Waals surface area contributed by atoms with E-state index in [1.165, 1.54) is 38.5 Å². The second kappa shape index (κ2) is 37.7. The van der Waals surface area contributed by atoms with Crippen LogP contribution in [0, 0.1) is 0 Å². The van der Waals surface area contributed by atoms with Gasteiger partial charge in [-0.1, -0.05) is 137 Å². The van der Waals surface area contributed by atoms with Gasteiger partial charge in [0.2, 0.25) is 0 Å². The van der Waals surface area contributed by atoms with Gasteiger partial charge in [0.05, 0.1) is 27.7 Å². The molecule has 0 aromatic rings. The molecule has 0 saturated carbocycles. The van der Waals surface area contributed by atoms with Crippen LogP contribution in [0.3, 0.4) is 0 Å². The maximum atomic E-state index is 12.6. The van der Waals surface area contributed by atoms with Gasteiger partial charge < -0.3 is 18.9 Å². The lowest BCUT2D eigenvalue weighted by molar-refractivity contribution is -0.870. The van der Waals surface area contributed by atoms with E-state index in [0.717, 1.165) is 64.2 Å². The first kappa shape index (κ1) is 53.2. The molecule has 0 spiro atoms. The monoisotopic (exact) mass is 805 g/mol. The van der Waals surface area contributed by atoms with Crippen LogP contribution in [0.5, 0.6) is 0 Å².